The van der Waals surface area contributed by atoms with Gasteiger partial charge in [-0.05, 0) is 36.3 Å². The molecule has 0 radical (unpaired) electrons. The van der Waals surface area contributed by atoms with Gasteiger partial charge in [0.05, 0.1) is 12.5 Å². The second-order valence-electron chi connectivity index (χ2n) is 6.93. The number of carbonyl (C=O) groups excluding carboxylic acids is 2. The van der Waals surface area contributed by atoms with E-state index in [1.807, 2.05) is 60.7 Å². The van der Waals surface area contributed by atoms with E-state index in [9.17, 15) is 9.59 Å². The van der Waals surface area contributed by atoms with Crippen LogP contribution < -0.4 is 10.9 Å². The molecule has 0 spiro atoms. The highest BCUT2D eigenvalue weighted by atomic mass is 16.4. The normalized spacial score (nSPS) is 10.9. The Hall–Kier alpha value is -3.38. The Morgan fingerprint density at radius 3 is 1.93 bits per heavy atom. The fourth-order valence-electron chi connectivity index (χ4n) is 3.29. The molecule has 0 saturated carbocycles. The standard InChI is InChI=1S/C24H27N3O3/c1-3-27(4-2)17-20-15-16-21(30-20)23(28)25-26-24(29)22(18-11-7-5-8-12-18)19-13-9-6-10-14-19/h5-16,22H,3-4,17H2,1-2H3,(H,25,28)(H,26,29). The molecule has 30 heavy (non-hydrogen) atoms. The van der Waals surface area contributed by atoms with Crippen LogP contribution in [-0.2, 0) is 11.3 Å². The van der Waals surface area contributed by atoms with Crippen LogP contribution in [0.4, 0.5) is 0 Å². The lowest BCUT2D eigenvalue weighted by molar-refractivity contribution is -0.122. The minimum Gasteiger partial charge on any atom is -0.454 e. The molecule has 0 bridgehead atoms. The summed E-state index contributed by atoms with van der Waals surface area (Å²) in [5.74, 6) is -0.484. The van der Waals surface area contributed by atoms with E-state index in [1.54, 1.807) is 12.1 Å². The molecule has 2 N–H and O–H groups in total. The summed E-state index contributed by atoms with van der Waals surface area (Å²) in [5, 5.41) is 0. The average molecular weight is 405 g/mol. The first kappa shape index (κ1) is 21.3. The molecule has 2 amide bonds. The highest BCUT2D eigenvalue weighted by molar-refractivity contribution is 5.94. The van der Waals surface area contributed by atoms with E-state index in [0.717, 1.165) is 24.2 Å². The number of nitrogens with one attached hydrogen (secondary N) is 2. The summed E-state index contributed by atoms with van der Waals surface area (Å²) in [4.78, 5) is 27.6. The number of benzene rings is 2. The van der Waals surface area contributed by atoms with Crippen molar-refractivity contribution in [2.24, 2.45) is 0 Å². The summed E-state index contributed by atoms with van der Waals surface area (Å²) >= 11 is 0. The van der Waals surface area contributed by atoms with E-state index in [0.29, 0.717) is 12.3 Å². The zero-order chi connectivity index (χ0) is 21.3. The van der Waals surface area contributed by atoms with Gasteiger partial charge in [-0.2, -0.15) is 0 Å². The Labute approximate surface area is 176 Å². The van der Waals surface area contributed by atoms with Crippen LogP contribution in [0.2, 0.25) is 0 Å². The molecule has 0 fully saturated rings. The predicted molar refractivity (Wildman–Crippen MR) is 116 cm³/mol. The van der Waals surface area contributed by atoms with Gasteiger partial charge in [0, 0.05) is 0 Å². The third kappa shape index (κ3) is 5.36. The number of rotatable bonds is 8. The molecule has 0 aliphatic carbocycles. The van der Waals surface area contributed by atoms with Gasteiger partial charge in [-0.15, -0.1) is 0 Å². The van der Waals surface area contributed by atoms with Crippen LogP contribution >= 0.6 is 0 Å². The third-order valence-corrected chi connectivity index (χ3v) is 4.99. The van der Waals surface area contributed by atoms with Crippen LogP contribution in [0, 0.1) is 0 Å². The number of hydrogen-bond donors (Lipinski definition) is 2. The predicted octanol–water partition coefficient (Wildman–Crippen LogP) is 3.71. The molecule has 0 aliphatic heterocycles. The van der Waals surface area contributed by atoms with Gasteiger partial charge in [0.1, 0.15) is 5.76 Å². The Kier molecular flexibility index (Phi) is 7.40. The lowest BCUT2D eigenvalue weighted by Gasteiger charge is -2.18. The lowest BCUT2D eigenvalue weighted by Crippen LogP contribution is -2.44. The molecule has 2 aromatic carbocycles. The monoisotopic (exact) mass is 405 g/mol. The van der Waals surface area contributed by atoms with Crippen LogP contribution in [0.3, 0.4) is 0 Å². The van der Waals surface area contributed by atoms with Gasteiger partial charge in [-0.25, -0.2) is 0 Å². The second-order valence-corrected chi connectivity index (χ2v) is 6.93. The number of hydrogen-bond acceptors (Lipinski definition) is 4. The van der Waals surface area contributed by atoms with Crippen molar-refractivity contribution in [2.75, 3.05) is 13.1 Å². The zero-order valence-electron chi connectivity index (χ0n) is 17.3. The van der Waals surface area contributed by atoms with E-state index in [-0.39, 0.29) is 11.7 Å². The summed E-state index contributed by atoms with van der Waals surface area (Å²) in [6, 6.07) is 22.3. The highest BCUT2D eigenvalue weighted by Gasteiger charge is 2.23. The molecule has 1 aromatic heterocycles. The van der Waals surface area contributed by atoms with Crippen molar-refractivity contribution < 1.29 is 14.0 Å². The fraction of sp³-hybridized carbons (Fsp3) is 0.250. The molecule has 0 aliphatic rings. The number of amides is 2. The van der Waals surface area contributed by atoms with Gasteiger partial charge in [-0.1, -0.05) is 74.5 Å². The number of furan rings is 1. The topological polar surface area (TPSA) is 74.6 Å². The summed E-state index contributed by atoms with van der Waals surface area (Å²) in [7, 11) is 0. The maximum atomic E-state index is 12.9. The maximum absolute atomic E-state index is 12.9. The van der Waals surface area contributed by atoms with Crippen molar-refractivity contribution in [2.45, 2.75) is 26.3 Å². The molecule has 0 saturated heterocycles. The van der Waals surface area contributed by atoms with Crippen LogP contribution in [0.5, 0.6) is 0 Å². The van der Waals surface area contributed by atoms with Gasteiger partial charge in [0.2, 0.25) is 5.91 Å². The van der Waals surface area contributed by atoms with Gasteiger partial charge in [0.25, 0.3) is 0 Å². The summed E-state index contributed by atoms with van der Waals surface area (Å²) in [5.41, 5.74) is 6.69. The first-order chi connectivity index (χ1) is 14.6. The molecule has 3 rings (SSSR count). The van der Waals surface area contributed by atoms with Crippen molar-refractivity contribution in [3.63, 3.8) is 0 Å². The van der Waals surface area contributed by atoms with E-state index < -0.39 is 11.8 Å². The molecule has 3 aromatic rings. The Morgan fingerprint density at radius 1 is 0.833 bits per heavy atom. The van der Waals surface area contributed by atoms with Crippen molar-refractivity contribution in [1.29, 1.82) is 0 Å². The number of carbonyl (C=O) groups is 2. The molecule has 0 unspecified atom stereocenters. The lowest BCUT2D eigenvalue weighted by atomic mass is 9.91. The molecule has 0 atom stereocenters. The third-order valence-electron chi connectivity index (χ3n) is 4.99. The van der Waals surface area contributed by atoms with Gasteiger partial charge < -0.3 is 4.42 Å². The smallest absolute Gasteiger partial charge is 0.305 e. The summed E-state index contributed by atoms with van der Waals surface area (Å²) < 4.78 is 5.64. The van der Waals surface area contributed by atoms with Crippen molar-refractivity contribution in [3.05, 3.63) is 95.4 Å². The Bertz CT molecular complexity index is 911. The number of hydrazine groups is 1. The molecule has 156 valence electrons. The second kappa shape index (κ2) is 10.4. The van der Waals surface area contributed by atoms with Crippen LogP contribution in [0.25, 0.3) is 0 Å². The molecule has 6 nitrogen and oxygen atoms in total. The van der Waals surface area contributed by atoms with Gasteiger partial charge in [0.15, 0.2) is 5.76 Å². The van der Waals surface area contributed by atoms with Crippen LogP contribution in [0.15, 0.2) is 77.2 Å². The van der Waals surface area contributed by atoms with Crippen molar-refractivity contribution in [3.8, 4) is 0 Å². The minimum atomic E-state index is -0.539. The van der Waals surface area contributed by atoms with Crippen LogP contribution in [0.1, 0.15) is 47.2 Å². The van der Waals surface area contributed by atoms with Crippen molar-refractivity contribution >= 4 is 11.8 Å². The Balaban J connectivity index is 1.67. The van der Waals surface area contributed by atoms with Crippen molar-refractivity contribution in [1.82, 2.24) is 15.8 Å². The quantitative estimate of drug-likeness (QED) is 0.560. The first-order valence-electron chi connectivity index (χ1n) is 10.1. The minimum absolute atomic E-state index is 0.161. The first-order valence-corrected chi connectivity index (χ1v) is 10.1. The molecular formula is C24H27N3O3. The molecule has 1 heterocycles. The summed E-state index contributed by atoms with van der Waals surface area (Å²) in [6.45, 7) is 6.58. The van der Waals surface area contributed by atoms with Gasteiger partial charge >= 0.3 is 5.91 Å². The molecule has 6 heteroatoms. The SMILES string of the molecule is CCN(CC)Cc1ccc(C(=O)NNC(=O)C(c2ccccc2)c2ccccc2)o1. The van der Waals surface area contributed by atoms with Gasteiger partial charge in [-0.3, -0.25) is 25.3 Å². The maximum Gasteiger partial charge on any atom is 0.305 e. The van der Waals surface area contributed by atoms with Crippen LogP contribution in [-0.4, -0.2) is 29.8 Å². The van der Waals surface area contributed by atoms with E-state index in [2.05, 4.69) is 29.6 Å². The summed E-state index contributed by atoms with van der Waals surface area (Å²) in [6.07, 6.45) is 0. The average Bonchev–Trinajstić information content (AvgIpc) is 3.26. The van der Waals surface area contributed by atoms with E-state index in [4.69, 9.17) is 4.42 Å². The van der Waals surface area contributed by atoms with E-state index in [1.165, 1.54) is 0 Å². The van der Waals surface area contributed by atoms with E-state index >= 15 is 0 Å². The fourth-order valence-corrected chi connectivity index (χ4v) is 3.29. The highest BCUT2D eigenvalue weighted by Crippen LogP contribution is 2.24. The zero-order valence-corrected chi connectivity index (χ0v) is 17.3. The Morgan fingerprint density at radius 2 is 1.40 bits per heavy atom. The largest absolute Gasteiger partial charge is 0.454 e. The number of nitrogens with zero attached hydrogens (tertiary/aromatic N) is 1. The molecular weight excluding hydrogens is 378 g/mol.